The van der Waals surface area contributed by atoms with Crippen LogP contribution in [0.2, 0.25) is 0 Å². The maximum Gasteiger partial charge on any atom is 0.125 e. The summed E-state index contributed by atoms with van der Waals surface area (Å²) in [5.74, 6) is 1.98. The van der Waals surface area contributed by atoms with Crippen LogP contribution in [0, 0.1) is 5.92 Å². The van der Waals surface area contributed by atoms with E-state index in [0.29, 0.717) is 0 Å². The number of rotatable bonds is 5. The topological polar surface area (TPSA) is 43.8 Å². The molecule has 0 radical (unpaired) electrons. The van der Waals surface area contributed by atoms with Gasteiger partial charge in [-0.1, -0.05) is 25.7 Å². The van der Waals surface area contributed by atoms with Crippen molar-refractivity contribution in [1.29, 1.82) is 0 Å². The Morgan fingerprint density at radius 1 is 1.50 bits per heavy atom. The van der Waals surface area contributed by atoms with Crippen LogP contribution in [0.15, 0.2) is 12.4 Å². The Kier molecular flexibility index (Phi) is 3.99. The Balaban J connectivity index is 1.84. The van der Waals surface area contributed by atoms with E-state index in [9.17, 15) is 0 Å². The molecule has 3 nitrogen and oxygen atoms in total. The molecule has 0 saturated heterocycles. The summed E-state index contributed by atoms with van der Waals surface area (Å²) in [7, 11) is 0. The molecule has 0 aromatic carbocycles. The lowest BCUT2D eigenvalue weighted by Gasteiger charge is -2.15. The molecule has 0 spiro atoms. The van der Waals surface area contributed by atoms with Crippen molar-refractivity contribution in [2.24, 2.45) is 11.7 Å². The average molecular weight is 221 g/mol. The summed E-state index contributed by atoms with van der Waals surface area (Å²) < 4.78 is 2.15. The van der Waals surface area contributed by atoms with Crippen LogP contribution in [0.4, 0.5) is 0 Å². The minimum Gasteiger partial charge on any atom is -0.334 e. The van der Waals surface area contributed by atoms with E-state index in [1.54, 1.807) is 0 Å². The molecule has 1 aliphatic carbocycles. The van der Waals surface area contributed by atoms with Crippen LogP contribution in [0.5, 0.6) is 0 Å². The molecule has 0 bridgehead atoms. The van der Waals surface area contributed by atoms with E-state index in [1.165, 1.54) is 32.1 Å². The predicted molar refractivity (Wildman–Crippen MR) is 66.0 cm³/mol. The predicted octanol–water partition coefficient (Wildman–Crippen LogP) is 2.87. The van der Waals surface area contributed by atoms with E-state index in [-0.39, 0.29) is 6.04 Å². The highest BCUT2D eigenvalue weighted by atomic mass is 15.1. The molecule has 1 aromatic rings. The van der Waals surface area contributed by atoms with Gasteiger partial charge in [0, 0.05) is 18.9 Å². The van der Waals surface area contributed by atoms with Crippen molar-refractivity contribution < 1.29 is 0 Å². The summed E-state index contributed by atoms with van der Waals surface area (Å²) in [6.07, 6.45) is 11.9. The van der Waals surface area contributed by atoms with Crippen LogP contribution < -0.4 is 5.73 Å². The third-order valence-corrected chi connectivity index (χ3v) is 3.78. The van der Waals surface area contributed by atoms with Crippen molar-refractivity contribution in [3.05, 3.63) is 18.2 Å². The van der Waals surface area contributed by atoms with Gasteiger partial charge < -0.3 is 10.3 Å². The molecular weight excluding hydrogens is 198 g/mol. The third kappa shape index (κ3) is 2.64. The van der Waals surface area contributed by atoms with Gasteiger partial charge in [-0.15, -0.1) is 0 Å². The van der Waals surface area contributed by atoms with E-state index >= 15 is 0 Å². The quantitative estimate of drug-likeness (QED) is 0.831. The van der Waals surface area contributed by atoms with Crippen molar-refractivity contribution in [3.8, 4) is 0 Å². The standard InChI is InChI=1S/C13H23N3/c1-2-16-10-9-15-13(16)12(14)8-7-11-5-3-4-6-11/h9-12H,2-8,14H2,1H3. The van der Waals surface area contributed by atoms with Crippen LogP contribution in [0.1, 0.15) is 57.3 Å². The minimum atomic E-state index is 0.121. The first-order valence-corrected chi connectivity index (χ1v) is 6.58. The number of nitrogens with zero attached hydrogens (tertiary/aromatic N) is 2. The number of hydrogen-bond donors (Lipinski definition) is 1. The van der Waals surface area contributed by atoms with Gasteiger partial charge in [0.2, 0.25) is 0 Å². The van der Waals surface area contributed by atoms with Crippen LogP contribution in [-0.2, 0) is 6.54 Å². The van der Waals surface area contributed by atoms with Gasteiger partial charge in [0.1, 0.15) is 5.82 Å². The number of aromatic nitrogens is 2. The molecule has 1 unspecified atom stereocenters. The number of imidazole rings is 1. The lowest BCUT2D eigenvalue weighted by atomic mass is 9.98. The third-order valence-electron chi connectivity index (χ3n) is 3.78. The monoisotopic (exact) mass is 221 g/mol. The van der Waals surface area contributed by atoms with E-state index in [2.05, 4.69) is 16.5 Å². The molecule has 0 amide bonds. The molecule has 16 heavy (non-hydrogen) atoms. The van der Waals surface area contributed by atoms with E-state index in [4.69, 9.17) is 5.73 Å². The van der Waals surface area contributed by atoms with Crippen LogP contribution >= 0.6 is 0 Å². The Labute approximate surface area is 98.1 Å². The van der Waals surface area contributed by atoms with Gasteiger partial charge in [-0.2, -0.15) is 0 Å². The number of hydrogen-bond acceptors (Lipinski definition) is 2. The Morgan fingerprint density at radius 3 is 2.94 bits per heavy atom. The fourth-order valence-corrected chi connectivity index (χ4v) is 2.76. The van der Waals surface area contributed by atoms with Crippen molar-refractivity contribution in [2.45, 2.75) is 58.0 Å². The van der Waals surface area contributed by atoms with Gasteiger partial charge in [-0.05, 0) is 25.7 Å². The summed E-state index contributed by atoms with van der Waals surface area (Å²) in [5.41, 5.74) is 6.21. The Morgan fingerprint density at radius 2 is 2.25 bits per heavy atom. The first-order chi connectivity index (χ1) is 7.81. The van der Waals surface area contributed by atoms with Gasteiger partial charge in [0.15, 0.2) is 0 Å². The molecule has 2 rings (SSSR count). The summed E-state index contributed by atoms with van der Waals surface area (Å²) in [5, 5.41) is 0. The maximum atomic E-state index is 6.21. The zero-order valence-electron chi connectivity index (χ0n) is 10.2. The highest BCUT2D eigenvalue weighted by molar-refractivity contribution is 4.98. The fraction of sp³-hybridized carbons (Fsp3) is 0.769. The van der Waals surface area contributed by atoms with Gasteiger partial charge in [0.25, 0.3) is 0 Å². The highest BCUT2D eigenvalue weighted by Crippen LogP contribution is 2.30. The SMILES string of the molecule is CCn1ccnc1C(N)CCC1CCCC1. The molecule has 90 valence electrons. The summed E-state index contributed by atoms with van der Waals surface area (Å²) in [6.45, 7) is 3.10. The van der Waals surface area contributed by atoms with E-state index in [1.807, 2.05) is 12.4 Å². The largest absolute Gasteiger partial charge is 0.334 e. The van der Waals surface area contributed by atoms with Crippen LogP contribution in [-0.4, -0.2) is 9.55 Å². The number of nitrogens with two attached hydrogens (primary N) is 1. The fourth-order valence-electron chi connectivity index (χ4n) is 2.76. The maximum absolute atomic E-state index is 6.21. The lowest BCUT2D eigenvalue weighted by Crippen LogP contribution is -2.17. The smallest absolute Gasteiger partial charge is 0.125 e. The minimum absolute atomic E-state index is 0.121. The molecular formula is C13H23N3. The molecule has 1 fully saturated rings. The van der Waals surface area contributed by atoms with Crippen molar-refractivity contribution in [3.63, 3.8) is 0 Å². The molecule has 1 aromatic heterocycles. The summed E-state index contributed by atoms with van der Waals surface area (Å²) in [4.78, 5) is 4.37. The lowest BCUT2D eigenvalue weighted by molar-refractivity contribution is 0.440. The summed E-state index contributed by atoms with van der Waals surface area (Å²) in [6, 6.07) is 0.121. The van der Waals surface area contributed by atoms with Crippen molar-refractivity contribution in [2.75, 3.05) is 0 Å². The molecule has 1 saturated carbocycles. The average Bonchev–Trinajstić information content (AvgIpc) is 2.96. The Hall–Kier alpha value is -0.830. The zero-order chi connectivity index (χ0) is 11.4. The summed E-state index contributed by atoms with van der Waals surface area (Å²) >= 11 is 0. The Bertz CT molecular complexity index is 313. The van der Waals surface area contributed by atoms with Gasteiger partial charge in [-0.25, -0.2) is 4.98 Å². The van der Waals surface area contributed by atoms with E-state index in [0.717, 1.165) is 24.7 Å². The molecule has 1 heterocycles. The van der Waals surface area contributed by atoms with Crippen molar-refractivity contribution in [1.82, 2.24) is 9.55 Å². The molecule has 1 aliphatic rings. The molecule has 1 atom stereocenters. The van der Waals surface area contributed by atoms with Gasteiger partial charge in [0.05, 0.1) is 6.04 Å². The molecule has 3 heteroatoms. The second-order valence-corrected chi connectivity index (χ2v) is 4.91. The van der Waals surface area contributed by atoms with Gasteiger partial charge in [-0.3, -0.25) is 0 Å². The first kappa shape index (κ1) is 11.6. The normalized spacial score (nSPS) is 19.1. The molecule has 2 N–H and O–H groups in total. The van der Waals surface area contributed by atoms with Crippen LogP contribution in [0.25, 0.3) is 0 Å². The number of aryl methyl sites for hydroxylation is 1. The van der Waals surface area contributed by atoms with Crippen molar-refractivity contribution >= 4 is 0 Å². The second-order valence-electron chi connectivity index (χ2n) is 4.91. The second kappa shape index (κ2) is 5.48. The zero-order valence-corrected chi connectivity index (χ0v) is 10.2. The molecule has 0 aliphatic heterocycles. The first-order valence-electron chi connectivity index (χ1n) is 6.58. The highest BCUT2D eigenvalue weighted by Gasteiger charge is 2.18. The van der Waals surface area contributed by atoms with E-state index < -0.39 is 0 Å². The van der Waals surface area contributed by atoms with Gasteiger partial charge >= 0.3 is 0 Å². The van der Waals surface area contributed by atoms with Crippen LogP contribution in [0.3, 0.4) is 0 Å².